The maximum absolute atomic E-state index is 11.0. The lowest BCUT2D eigenvalue weighted by atomic mass is 10.1. The topological polar surface area (TPSA) is 101 Å². The van der Waals surface area contributed by atoms with E-state index in [1.165, 1.54) is 6.92 Å². The SMILES string of the molecule is Cc1nc(Cl)nc(NCC(O)CC(C)C)c1[N+](=O)[O-]. The second-order valence-corrected chi connectivity index (χ2v) is 5.03. The third kappa shape index (κ3) is 4.60. The Morgan fingerprint density at radius 2 is 2.11 bits per heavy atom. The molecule has 2 N–H and O–H groups in total. The van der Waals surface area contributed by atoms with E-state index in [4.69, 9.17) is 11.6 Å². The average Bonchev–Trinajstić information content (AvgIpc) is 2.23. The number of aliphatic hydroxyl groups excluding tert-OH is 1. The van der Waals surface area contributed by atoms with E-state index in [2.05, 4.69) is 15.3 Å². The number of hydrogen-bond donors (Lipinski definition) is 2. The Hall–Kier alpha value is -1.47. The molecule has 1 heterocycles. The molecule has 0 saturated heterocycles. The lowest BCUT2D eigenvalue weighted by molar-refractivity contribution is -0.385. The molecule has 8 heteroatoms. The maximum Gasteiger partial charge on any atom is 0.332 e. The van der Waals surface area contributed by atoms with Crippen molar-refractivity contribution < 1.29 is 10.0 Å². The minimum Gasteiger partial charge on any atom is -0.391 e. The number of anilines is 1. The fourth-order valence-corrected chi connectivity index (χ4v) is 1.93. The summed E-state index contributed by atoms with van der Waals surface area (Å²) in [6.45, 7) is 5.63. The van der Waals surface area contributed by atoms with Crippen molar-refractivity contribution in [2.75, 3.05) is 11.9 Å². The molecule has 0 aromatic carbocycles. The van der Waals surface area contributed by atoms with Crippen molar-refractivity contribution in [2.24, 2.45) is 5.92 Å². The number of aromatic nitrogens is 2. The third-order valence-corrected chi connectivity index (χ3v) is 2.63. The van der Waals surface area contributed by atoms with Crippen molar-refractivity contribution in [3.8, 4) is 0 Å². The molecule has 1 rings (SSSR count). The van der Waals surface area contributed by atoms with Gasteiger partial charge < -0.3 is 10.4 Å². The van der Waals surface area contributed by atoms with Crippen LogP contribution >= 0.6 is 11.6 Å². The molecule has 1 aromatic heterocycles. The first kappa shape index (κ1) is 15.6. The summed E-state index contributed by atoms with van der Waals surface area (Å²) in [4.78, 5) is 17.9. The fraction of sp³-hybridized carbons (Fsp3) is 0.636. The molecule has 0 saturated carbocycles. The molecule has 0 spiro atoms. The summed E-state index contributed by atoms with van der Waals surface area (Å²) in [5.74, 6) is 0.368. The zero-order valence-corrected chi connectivity index (χ0v) is 11.8. The van der Waals surface area contributed by atoms with Gasteiger partial charge in [-0.15, -0.1) is 0 Å². The standard InChI is InChI=1S/C11H17ClN4O3/c1-6(2)4-8(17)5-13-10-9(16(18)19)7(3)14-11(12)15-10/h6,8,17H,4-5H2,1-3H3,(H,13,14,15). The Kier molecular flexibility index (Phi) is 5.44. The van der Waals surface area contributed by atoms with Gasteiger partial charge in [0, 0.05) is 6.54 Å². The number of halogens is 1. The Morgan fingerprint density at radius 1 is 1.47 bits per heavy atom. The third-order valence-electron chi connectivity index (χ3n) is 2.46. The Bertz CT molecular complexity index is 467. The van der Waals surface area contributed by atoms with Crippen molar-refractivity contribution in [1.82, 2.24) is 9.97 Å². The maximum atomic E-state index is 11.0. The Morgan fingerprint density at radius 3 is 2.63 bits per heavy atom. The molecule has 0 radical (unpaired) electrons. The highest BCUT2D eigenvalue weighted by Crippen LogP contribution is 2.26. The normalized spacial score (nSPS) is 12.5. The number of aliphatic hydroxyl groups is 1. The number of nitrogens with one attached hydrogen (secondary N) is 1. The number of nitro groups is 1. The van der Waals surface area contributed by atoms with Crippen LogP contribution < -0.4 is 5.32 Å². The van der Waals surface area contributed by atoms with Crippen molar-refractivity contribution in [1.29, 1.82) is 0 Å². The van der Waals surface area contributed by atoms with Gasteiger partial charge in [0.2, 0.25) is 11.1 Å². The summed E-state index contributed by atoms with van der Waals surface area (Å²) in [7, 11) is 0. The molecule has 19 heavy (non-hydrogen) atoms. The van der Waals surface area contributed by atoms with Crippen LogP contribution in [0.5, 0.6) is 0 Å². The van der Waals surface area contributed by atoms with Gasteiger partial charge >= 0.3 is 5.69 Å². The lowest BCUT2D eigenvalue weighted by Gasteiger charge is -2.14. The Balaban J connectivity index is 2.85. The van der Waals surface area contributed by atoms with E-state index in [1.54, 1.807) is 0 Å². The highest BCUT2D eigenvalue weighted by Gasteiger charge is 2.22. The van der Waals surface area contributed by atoms with Crippen LogP contribution in [-0.4, -0.2) is 32.6 Å². The summed E-state index contributed by atoms with van der Waals surface area (Å²) >= 11 is 5.68. The van der Waals surface area contributed by atoms with Gasteiger partial charge in [0.15, 0.2) is 0 Å². The first-order valence-electron chi connectivity index (χ1n) is 5.91. The van der Waals surface area contributed by atoms with E-state index >= 15 is 0 Å². The molecular formula is C11H17ClN4O3. The smallest absolute Gasteiger partial charge is 0.332 e. The number of nitrogens with zero attached hydrogens (tertiary/aromatic N) is 3. The predicted molar refractivity (Wildman–Crippen MR) is 72.4 cm³/mol. The van der Waals surface area contributed by atoms with Crippen LogP contribution in [0.2, 0.25) is 5.28 Å². The van der Waals surface area contributed by atoms with Crippen LogP contribution in [0.25, 0.3) is 0 Å². The molecule has 0 aliphatic rings. The van der Waals surface area contributed by atoms with Gasteiger partial charge in [-0.2, -0.15) is 4.98 Å². The van der Waals surface area contributed by atoms with Crippen molar-refractivity contribution >= 4 is 23.1 Å². The van der Waals surface area contributed by atoms with Crippen LogP contribution in [0.1, 0.15) is 26.0 Å². The number of rotatable bonds is 6. The molecule has 0 aliphatic heterocycles. The zero-order chi connectivity index (χ0) is 14.6. The van der Waals surface area contributed by atoms with Gasteiger partial charge in [-0.25, -0.2) is 4.98 Å². The van der Waals surface area contributed by atoms with Gasteiger partial charge in [0.25, 0.3) is 0 Å². The van der Waals surface area contributed by atoms with Gasteiger partial charge in [0.1, 0.15) is 5.69 Å². The molecule has 106 valence electrons. The van der Waals surface area contributed by atoms with Gasteiger partial charge in [0.05, 0.1) is 11.0 Å². The molecule has 0 fully saturated rings. The quantitative estimate of drug-likeness (QED) is 0.472. The molecule has 1 aromatic rings. The zero-order valence-electron chi connectivity index (χ0n) is 11.1. The van der Waals surface area contributed by atoms with Crippen LogP contribution in [0.15, 0.2) is 0 Å². The molecule has 0 amide bonds. The second-order valence-electron chi connectivity index (χ2n) is 4.70. The summed E-state index contributed by atoms with van der Waals surface area (Å²) in [5, 5.41) is 23.4. The minimum absolute atomic E-state index is 0.0327. The molecular weight excluding hydrogens is 272 g/mol. The summed E-state index contributed by atoms with van der Waals surface area (Å²) in [5.41, 5.74) is -0.0352. The molecule has 1 atom stereocenters. The fourth-order valence-electron chi connectivity index (χ4n) is 1.72. The van der Waals surface area contributed by atoms with E-state index < -0.39 is 11.0 Å². The van der Waals surface area contributed by atoms with E-state index in [0.29, 0.717) is 12.3 Å². The first-order chi connectivity index (χ1) is 8.81. The second kappa shape index (κ2) is 6.63. The van der Waals surface area contributed by atoms with Crippen molar-refractivity contribution in [3.63, 3.8) is 0 Å². The van der Waals surface area contributed by atoms with E-state index in [1.807, 2.05) is 13.8 Å². The highest BCUT2D eigenvalue weighted by molar-refractivity contribution is 6.28. The van der Waals surface area contributed by atoms with Gasteiger partial charge in [-0.05, 0) is 30.9 Å². The van der Waals surface area contributed by atoms with Crippen LogP contribution in [0.3, 0.4) is 0 Å². The van der Waals surface area contributed by atoms with Crippen molar-refractivity contribution in [2.45, 2.75) is 33.3 Å². The summed E-state index contributed by atoms with van der Waals surface area (Å²) < 4.78 is 0. The van der Waals surface area contributed by atoms with Gasteiger partial charge in [-0.1, -0.05) is 13.8 Å². The number of aryl methyl sites for hydroxylation is 1. The van der Waals surface area contributed by atoms with E-state index in [0.717, 1.165) is 0 Å². The van der Waals surface area contributed by atoms with Crippen LogP contribution in [0, 0.1) is 23.0 Å². The summed E-state index contributed by atoms with van der Waals surface area (Å²) in [6.07, 6.45) is -0.00727. The molecule has 1 unspecified atom stereocenters. The molecule has 0 aliphatic carbocycles. The van der Waals surface area contributed by atoms with Crippen LogP contribution in [-0.2, 0) is 0 Å². The largest absolute Gasteiger partial charge is 0.391 e. The Labute approximate surface area is 116 Å². The summed E-state index contributed by atoms with van der Waals surface area (Å²) in [6, 6.07) is 0. The highest BCUT2D eigenvalue weighted by atomic mass is 35.5. The number of hydrogen-bond acceptors (Lipinski definition) is 6. The predicted octanol–water partition coefficient (Wildman–Crippen LogP) is 2.17. The van der Waals surface area contributed by atoms with Crippen molar-refractivity contribution in [3.05, 3.63) is 21.1 Å². The minimum atomic E-state index is -0.603. The van der Waals surface area contributed by atoms with E-state index in [-0.39, 0.29) is 29.0 Å². The first-order valence-corrected chi connectivity index (χ1v) is 6.29. The molecule has 0 bridgehead atoms. The molecule has 7 nitrogen and oxygen atoms in total. The van der Waals surface area contributed by atoms with Gasteiger partial charge in [-0.3, -0.25) is 10.1 Å². The monoisotopic (exact) mass is 288 g/mol. The lowest BCUT2D eigenvalue weighted by Crippen LogP contribution is -2.22. The van der Waals surface area contributed by atoms with Crippen LogP contribution in [0.4, 0.5) is 11.5 Å². The van der Waals surface area contributed by atoms with E-state index in [9.17, 15) is 15.2 Å². The average molecular weight is 289 g/mol.